The van der Waals surface area contributed by atoms with E-state index in [4.69, 9.17) is 20.3 Å². The molecule has 0 bridgehead atoms. The van der Waals surface area contributed by atoms with E-state index < -0.39 is 6.95 Å². The van der Waals surface area contributed by atoms with E-state index in [0.717, 1.165) is 5.57 Å². The molecule has 0 amide bonds. The van der Waals surface area contributed by atoms with Crippen LogP contribution < -0.4 is 0 Å². The highest BCUT2D eigenvalue weighted by molar-refractivity contribution is 7.81. The van der Waals surface area contributed by atoms with Gasteiger partial charge in [0.15, 0.2) is 0 Å². The fourth-order valence-corrected chi connectivity index (χ4v) is 2.73. The van der Waals surface area contributed by atoms with Crippen LogP contribution in [-0.2, 0) is 13.6 Å². The van der Waals surface area contributed by atoms with E-state index in [1.807, 2.05) is 20.8 Å². The van der Waals surface area contributed by atoms with Crippen LogP contribution in [0, 0.1) is 5.41 Å². The first-order chi connectivity index (χ1) is 5.78. The molecular weight excluding hydrogens is 211 g/mol. The van der Waals surface area contributed by atoms with Crippen LogP contribution in [-0.4, -0.2) is 12.7 Å². The largest absolute Gasteiger partial charge is 0.424 e. The maximum Gasteiger partial charge on any atom is 0.424 e. The fourth-order valence-electron chi connectivity index (χ4n) is 1.13. The Labute approximate surface area is 83.4 Å². The molecule has 0 aromatic rings. The molecule has 0 spiro atoms. The van der Waals surface area contributed by atoms with E-state index in [1.165, 1.54) is 0 Å². The molecule has 0 saturated carbocycles. The lowest BCUT2D eigenvalue weighted by molar-refractivity contribution is 0.00337. The lowest BCUT2D eigenvalue weighted by Gasteiger charge is -2.40. The summed E-state index contributed by atoms with van der Waals surface area (Å²) in [6, 6.07) is 0. The van der Waals surface area contributed by atoms with Crippen LogP contribution in [0.15, 0.2) is 12.2 Å². The van der Waals surface area contributed by atoms with Crippen LogP contribution in [0.1, 0.15) is 20.8 Å². The molecule has 0 radical (unpaired) electrons. The number of hydrogen-bond acceptors (Lipinski definition) is 3. The Kier molecular flexibility index (Phi) is 2.94. The molecule has 1 fully saturated rings. The molecule has 1 aliphatic heterocycles. The normalized spacial score (nSPS) is 46.0. The van der Waals surface area contributed by atoms with Crippen molar-refractivity contribution in [1.29, 1.82) is 0 Å². The van der Waals surface area contributed by atoms with Gasteiger partial charge in [0, 0.05) is 16.7 Å². The van der Waals surface area contributed by atoms with E-state index in [1.54, 1.807) is 0 Å². The van der Waals surface area contributed by atoms with Crippen LogP contribution in [0.25, 0.3) is 0 Å². The summed E-state index contributed by atoms with van der Waals surface area (Å²) in [7, 11) is 0. The monoisotopic (exact) mass is 224 g/mol. The molecule has 13 heavy (non-hydrogen) atoms. The fraction of sp³-hybridized carbons (Fsp3) is 0.750. The number of halogens is 1. The number of rotatable bonds is 1. The maximum absolute atomic E-state index is 11.2. The van der Waals surface area contributed by atoms with E-state index in [2.05, 4.69) is 6.58 Å². The van der Waals surface area contributed by atoms with Crippen molar-refractivity contribution in [2.75, 3.05) is 6.61 Å². The summed E-state index contributed by atoms with van der Waals surface area (Å²) in [6.07, 6.45) is -0.234. The molecule has 76 valence electrons. The van der Waals surface area contributed by atoms with Gasteiger partial charge in [-0.15, -0.1) is 0 Å². The summed E-state index contributed by atoms with van der Waals surface area (Å²) in [5.41, 5.74) is 0.638. The molecule has 3 unspecified atom stereocenters. The molecule has 1 heterocycles. The average Bonchev–Trinajstić information content (AvgIpc) is 1.96. The van der Waals surface area contributed by atoms with Crippen molar-refractivity contribution >= 4 is 18.2 Å². The van der Waals surface area contributed by atoms with Gasteiger partial charge in [0.2, 0.25) is 0 Å². The van der Waals surface area contributed by atoms with E-state index in [9.17, 15) is 4.57 Å². The zero-order chi connectivity index (χ0) is 10.3. The topological polar surface area (TPSA) is 35.5 Å². The van der Waals surface area contributed by atoms with Crippen LogP contribution in [0.5, 0.6) is 0 Å². The first-order valence-corrected chi connectivity index (χ1v) is 6.51. The Morgan fingerprint density at radius 2 is 2.31 bits per heavy atom. The van der Waals surface area contributed by atoms with Gasteiger partial charge in [0.25, 0.3) is 0 Å². The van der Waals surface area contributed by atoms with Gasteiger partial charge >= 0.3 is 6.95 Å². The van der Waals surface area contributed by atoms with Gasteiger partial charge in [-0.1, -0.05) is 19.1 Å². The van der Waals surface area contributed by atoms with Crippen molar-refractivity contribution in [3.63, 3.8) is 0 Å². The maximum atomic E-state index is 11.2. The molecule has 3 atom stereocenters. The Morgan fingerprint density at radius 3 is 2.69 bits per heavy atom. The highest BCUT2D eigenvalue weighted by atomic mass is 35.7. The Hall–Kier alpha value is 0.180. The summed E-state index contributed by atoms with van der Waals surface area (Å²) in [5.74, 6) is 0. The van der Waals surface area contributed by atoms with Crippen LogP contribution in [0.4, 0.5) is 0 Å². The zero-order valence-corrected chi connectivity index (χ0v) is 9.69. The summed E-state index contributed by atoms with van der Waals surface area (Å²) < 4.78 is 21.3. The van der Waals surface area contributed by atoms with Crippen molar-refractivity contribution in [2.24, 2.45) is 5.41 Å². The highest BCUT2D eigenvalue weighted by Gasteiger charge is 2.44. The quantitative estimate of drug-likeness (QED) is 0.506. The van der Waals surface area contributed by atoms with Gasteiger partial charge < -0.3 is 0 Å². The van der Waals surface area contributed by atoms with Gasteiger partial charge in [-0.2, -0.15) is 0 Å². The van der Waals surface area contributed by atoms with Crippen LogP contribution in [0.3, 0.4) is 0 Å². The van der Waals surface area contributed by atoms with Crippen molar-refractivity contribution in [3.05, 3.63) is 12.2 Å². The molecule has 1 aliphatic rings. The Balaban J connectivity index is 2.85. The summed E-state index contributed by atoms with van der Waals surface area (Å²) in [4.78, 5) is 0. The minimum Gasteiger partial charge on any atom is -0.296 e. The second kappa shape index (κ2) is 3.39. The summed E-state index contributed by atoms with van der Waals surface area (Å²) in [5, 5.41) is 0. The first kappa shape index (κ1) is 11.3. The van der Waals surface area contributed by atoms with Crippen molar-refractivity contribution in [1.82, 2.24) is 0 Å². The zero-order valence-electron chi connectivity index (χ0n) is 8.04. The van der Waals surface area contributed by atoms with E-state index in [0.29, 0.717) is 6.61 Å². The molecule has 0 N–H and O–H groups in total. The minimum absolute atomic E-state index is 0.234. The van der Waals surface area contributed by atoms with Gasteiger partial charge in [-0.25, -0.2) is 4.57 Å². The standard InChI is InChI=1S/C8H14ClO3P/c1-6(2)8(4)5-11-13(9,10)12-7(8)3/h7H,1,5H2,2-4H3. The Morgan fingerprint density at radius 1 is 1.77 bits per heavy atom. The molecule has 0 aromatic carbocycles. The molecule has 1 saturated heterocycles. The SMILES string of the molecule is C=C(C)C1(C)COP(=O)(Cl)OC1C. The van der Waals surface area contributed by atoms with Gasteiger partial charge in [-0.05, 0) is 13.8 Å². The molecule has 0 aliphatic carbocycles. The van der Waals surface area contributed by atoms with Gasteiger partial charge in [0.1, 0.15) is 0 Å². The molecule has 3 nitrogen and oxygen atoms in total. The predicted octanol–water partition coefficient (Wildman–Crippen LogP) is 3.35. The molecule has 5 heteroatoms. The van der Waals surface area contributed by atoms with Crippen molar-refractivity contribution in [2.45, 2.75) is 26.9 Å². The second-order valence-corrected chi connectivity index (χ2v) is 6.22. The summed E-state index contributed by atoms with van der Waals surface area (Å²) in [6.45, 7) is 6.50. The average molecular weight is 225 g/mol. The lowest BCUT2D eigenvalue weighted by atomic mass is 9.80. The van der Waals surface area contributed by atoms with Crippen molar-refractivity contribution < 1.29 is 13.6 Å². The Bertz CT molecular complexity index is 279. The molecule has 1 rings (SSSR count). The van der Waals surface area contributed by atoms with Gasteiger partial charge in [0.05, 0.1) is 12.7 Å². The van der Waals surface area contributed by atoms with E-state index >= 15 is 0 Å². The third-order valence-electron chi connectivity index (χ3n) is 2.67. The molecule has 0 aromatic heterocycles. The highest BCUT2D eigenvalue weighted by Crippen LogP contribution is 2.61. The minimum atomic E-state index is -3.33. The lowest BCUT2D eigenvalue weighted by Crippen LogP contribution is -2.39. The summed E-state index contributed by atoms with van der Waals surface area (Å²) >= 11 is 5.48. The molecular formula is C8H14ClO3P. The number of hydrogen-bond donors (Lipinski definition) is 0. The van der Waals surface area contributed by atoms with E-state index in [-0.39, 0.29) is 11.5 Å². The second-order valence-electron chi connectivity index (χ2n) is 3.65. The third-order valence-corrected chi connectivity index (χ3v) is 4.21. The van der Waals surface area contributed by atoms with Crippen LogP contribution >= 0.6 is 18.2 Å². The predicted molar refractivity (Wildman–Crippen MR) is 52.9 cm³/mol. The van der Waals surface area contributed by atoms with Crippen molar-refractivity contribution in [3.8, 4) is 0 Å². The smallest absolute Gasteiger partial charge is 0.296 e. The van der Waals surface area contributed by atoms with Gasteiger partial charge in [-0.3, -0.25) is 9.05 Å². The first-order valence-electron chi connectivity index (χ1n) is 4.06. The third kappa shape index (κ3) is 2.16. The van der Waals surface area contributed by atoms with Crippen LogP contribution in [0.2, 0.25) is 0 Å².